The maximum Gasteiger partial charge on any atom is 0.229 e. The van der Waals surface area contributed by atoms with E-state index in [1.54, 1.807) is 36.5 Å². The SMILES string of the molecule is COc1cc(N2C(=S)N[C@@H](c3ccccn3)[C@@H]2c2cc(C)n(-c3ccccc3O)c2C)ccc1NS(C)(=O)=O. The van der Waals surface area contributed by atoms with Gasteiger partial charge in [-0.05, 0) is 74.1 Å². The van der Waals surface area contributed by atoms with E-state index in [1.165, 1.54) is 7.11 Å². The lowest BCUT2D eigenvalue weighted by molar-refractivity contribution is 0.417. The summed E-state index contributed by atoms with van der Waals surface area (Å²) in [6, 6.07) is 19.7. The van der Waals surface area contributed by atoms with Gasteiger partial charge in [0.25, 0.3) is 0 Å². The highest BCUT2D eigenvalue weighted by Crippen LogP contribution is 2.45. The van der Waals surface area contributed by atoms with Gasteiger partial charge in [-0.15, -0.1) is 0 Å². The number of methoxy groups -OCH3 is 1. The van der Waals surface area contributed by atoms with E-state index in [-0.39, 0.29) is 17.8 Å². The molecule has 1 saturated heterocycles. The third kappa shape index (κ3) is 5.02. The zero-order valence-electron chi connectivity index (χ0n) is 21.9. The summed E-state index contributed by atoms with van der Waals surface area (Å²) >= 11 is 5.86. The zero-order valence-corrected chi connectivity index (χ0v) is 23.5. The van der Waals surface area contributed by atoms with Gasteiger partial charge in [-0.3, -0.25) is 9.71 Å². The molecule has 1 aliphatic rings. The van der Waals surface area contributed by atoms with E-state index < -0.39 is 10.0 Å². The molecule has 2 aromatic carbocycles. The average molecular weight is 564 g/mol. The second-order valence-corrected chi connectivity index (χ2v) is 11.5. The molecule has 1 aliphatic heterocycles. The van der Waals surface area contributed by atoms with E-state index in [1.807, 2.05) is 53.6 Å². The van der Waals surface area contributed by atoms with Crippen molar-refractivity contribution in [1.29, 1.82) is 0 Å². The van der Waals surface area contributed by atoms with E-state index in [4.69, 9.17) is 17.0 Å². The molecule has 202 valence electrons. The molecule has 0 bridgehead atoms. The van der Waals surface area contributed by atoms with Gasteiger partial charge in [-0.1, -0.05) is 18.2 Å². The maximum atomic E-state index is 11.9. The monoisotopic (exact) mass is 563 g/mol. The average Bonchev–Trinajstić information content (AvgIpc) is 3.39. The third-order valence-corrected chi connectivity index (χ3v) is 7.67. The molecule has 1 fully saturated rings. The summed E-state index contributed by atoms with van der Waals surface area (Å²) in [7, 11) is -2.01. The van der Waals surface area contributed by atoms with E-state index in [0.29, 0.717) is 22.2 Å². The van der Waals surface area contributed by atoms with Gasteiger partial charge in [0.05, 0.1) is 42.5 Å². The molecule has 0 radical (unpaired) electrons. The molecule has 4 aromatic rings. The standard InChI is InChI=1S/C28H29N5O4S2/c1-17-15-20(18(2)32(17)23-10-5-6-11-24(23)34)27-26(22-9-7-8-14-29-22)30-28(38)33(27)19-12-13-21(25(16-19)37-3)31-39(4,35)36/h5-16,26-27,31,34H,1-4H3,(H,30,38)/t26-,27-/m0/s1. The van der Waals surface area contributed by atoms with Crippen molar-refractivity contribution < 1.29 is 18.3 Å². The number of pyridine rings is 1. The van der Waals surface area contributed by atoms with Crippen molar-refractivity contribution in [3.63, 3.8) is 0 Å². The molecule has 2 atom stereocenters. The van der Waals surface area contributed by atoms with Crippen molar-refractivity contribution >= 4 is 38.7 Å². The van der Waals surface area contributed by atoms with Gasteiger partial charge in [0, 0.05) is 29.3 Å². The first-order chi connectivity index (χ1) is 18.6. The molecule has 0 amide bonds. The molecule has 3 N–H and O–H groups in total. The van der Waals surface area contributed by atoms with Crippen molar-refractivity contribution in [2.45, 2.75) is 25.9 Å². The van der Waals surface area contributed by atoms with Crippen LogP contribution in [-0.2, 0) is 10.0 Å². The van der Waals surface area contributed by atoms with Crippen LogP contribution in [0, 0.1) is 13.8 Å². The van der Waals surface area contributed by atoms with Crippen LogP contribution in [0.4, 0.5) is 11.4 Å². The zero-order chi connectivity index (χ0) is 27.9. The van der Waals surface area contributed by atoms with Crippen LogP contribution in [0.15, 0.2) is 72.9 Å². The number of benzene rings is 2. The first-order valence-corrected chi connectivity index (χ1v) is 14.5. The first kappa shape index (κ1) is 26.5. The Morgan fingerprint density at radius 2 is 1.82 bits per heavy atom. The van der Waals surface area contributed by atoms with Crippen molar-refractivity contribution in [2.75, 3.05) is 23.0 Å². The number of phenolic OH excluding ortho intramolecular Hbond substituents is 1. The largest absolute Gasteiger partial charge is 0.506 e. The summed E-state index contributed by atoms with van der Waals surface area (Å²) in [6.07, 6.45) is 2.84. The summed E-state index contributed by atoms with van der Waals surface area (Å²) in [5, 5.41) is 14.6. The highest BCUT2D eigenvalue weighted by Gasteiger charge is 2.42. The molecular weight excluding hydrogens is 534 g/mol. The Morgan fingerprint density at radius 3 is 2.49 bits per heavy atom. The second kappa shape index (κ2) is 10.2. The number of aryl methyl sites for hydroxylation is 1. The number of aromatic nitrogens is 2. The predicted octanol–water partition coefficient (Wildman–Crippen LogP) is 4.75. The number of hydrogen-bond donors (Lipinski definition) is 3. The number of anilines is 2. The van der Waals surface area contributed by atoms with Crippen molar-refractivity contribution in [2.24, 2.45) is 0 Å². The number of ether oxygens (including phenoxy) is 1. The fourth-order valence-corrected chi connectivity index (χ4v) is 6.09. The van der Waals surface area contributed by atoms with Gasteiger partial charge in [0.2, 0.25) is 10.0 Å². The molecule has 3 heterocycles. The first-order valence-electron chi connectivity index (χ1n) is 12.2. The lowest BCUT2D eigenvalue weighted by atomic mass is 9.96. The smallest absolute Gasteiger partial charge is 0.229 e. The van der Waals surface area contributed by atoms with Crippen LogP contribution in [0.2, 0.25) is 0 Å². The van der Waals surface area contributed by atoms with Crippen molar-refractivity contribution in [1.82, 2.24) is 14.9 Å². The summed E-state index contributed by atoms with van der Waals surface area (Å²) in [5.41, 5.74) is 5.45. The Hall–Kier alpha value is -4.09. The van der Waals surface area contributed by atoms with Crippen LogP contribution >= 0.6 is 12.2 Å². The molecular formula is C28H29N5O4S2. The Bertz CT molecular complexity index is 1650. The van der Waals surface area contributed by atoms with Crippen LogP contribution < -0.4 is 19.7 Å². The normalized spacial score (nSPS) is 17.2. The summed E-state index contributed by atoms with van der Waals surface area (Å²) in [4.78, 5) is 6.62. The minimum Gasteiger partial charge on any atom is -0.506 e. The minimum absolute atomic E-state index is 0.183. The van der Waals surface area contributed by atoms with E-state index in [9.17, 15) is 13.5 Å². The molecule has 11 heteroatoms. The van der Waals surface area contributed by atoms with Gasteiger partial charge in [-0.25, -0.2) is 8.42 Å². The second-order valence-electron chi connectivity index (χ2n) is 9.41. The number of phenols is 1. The minimum atomic E-state index is -3.50. The molecule has 5 rings (SSSR count). The summed E-state index contributed by atoms with van der Waals surface area (Å²) in [5.74, 6) is 0.545. The molecule has 9 nitrogen and oxygen atoms in total. The van der Waals surface area contributed by atoms with Gasteiger partial charge < -0.3 is 24.6 Å². The Morgan fingerprint density at radius 1 is 1.08 bits per heavy atom. The Balaban J connectivity index is 1.67. The van der Waals surface area contributed by atoms with Gasteiger partial charge >= 0.3 is 0 Å². The van der Waals surface area contributed by atoms with Crippen LogP contribution in [0.5, 0.6) is 11.5 Å². The Labute approximate surface area is 233 Å². The number of aromatic hydroxyl groups is 1. The number of sulfonamides is 1. The lowest BCUT2D eigenvalue weighted by Gasteiger charge is -2.29. The fourth-order valence-electron chi connectivity index (χ4n) is 5.17. The number of nitrogens with one attached hydrogen (secondary N) is 2. The highest BCUT2D eigenvalue weighted by molar-refractivity contribution is 7.92. The quantitative estimate of drug-likeness (QED) is 0.277. The number of nitrogens with zero attached hydrogens (tertiary/aromatic N) is 3. The number of para-hydroxylation sites is 2. The molecule has 0 saturated carbocycles. The Kier molecular flexibility index (Phi) is 6.96. The van der Waals surface area contributed by atoms with Crippen LogP contribution in [0.3, 0.4) is 0 Å². The van der Waals surface area contributed by atoms with Crippen LogP contribution in [0.1, 0.15) is 34.7 Å². The van der Waals surface area contributed by atoms with Crippen molar-refractivity contribution in [3.05, 3.63) is 95.6 Å². The highest BCUT2D eigenvalue weighted by atomic mass is 32.2. The van der Waals surface area contributed by atoms with E-state index in [0.717, 1.165) is 34.6 Å². The van der Waals surface area contributed by atoms with Gasteiger partial charge in [0.15, 0.2) is 5.11 Å². The van der Waals surface area contributed by atoms with Crippen LogP contribution in [0.25, 0.3) is 5.69 Å². The lowest BCUT2D eigenvalue weighted by Crippen LogP contribution is -2.29. The molecule has 0 aliphatic carbocycles. The number of rotatable bonds is 7. The molecule has 0 unspecified atom stereocenters. The summed E-state index contributed by atoms with van der Waals surface area (Å²) < 4.78 is 33.8. The molecule has 2 aromatic heterocycles. The molecule has 0 spiro atoms. The number of thiocarbonyl (C=S) groups is 1. The van der Waals surface area contributed by atoms with E-state index in [2.05, 4.69) is 21.1 Å². The van der Waals surface area contributed by atoms with Gasteiger partial charge in [-0.2, -0.15) is 0 Å². The topological polar surface area (TPSA) is 109 Å². The maximum absolute atomic E-state index is 11.9. The number of hydrogen-bond acceptors (Lipinski definition) is 6. The predicted molar refractivity (Wildman–Crippen MR) is 156 cm³/mol. The third-order valence-electron chi connectivity index (χ3n) is 6.77. The summed E-state index contributed by atoms with van der Waals surface area (Å²) in [6.45, 7) is 4.02. The van der Waals surface area contributed by atoms with Crippen molar-refractivity contribution in [3.8, 4) is 17.2 Å². The molecule has 39 heavy (non-hydrogen) atoms. The fraction of sp³-hybridized carbons (Fsp3) is 0.214. The van der Waals surface area contributed by atoms with Gasteiger partial charge in [0.1, 0.15) is 11.5 Å². The van der Waals surface area contributed by atoms with Crippen LogP contribution in [-0.4, -0.2) is 41.6 Å². The van der Waals surface area contributed by atoms with E-state index >= 15 is 0 Å².